The summed E-state index contributed by atoms with van der Waals surface area (Å²) in [4.78, 5) is 23.2. The first-order chi connectivity index (χ1) is 11.5. The highest BCUT2D eigenvalue weighted by molar-refractivity contribution is 5.98. The van der Waals surface area contributed by atoms with Crippen molar-refractivity contribution in [2.75, 3.05) is 11.9 Å². The van der Waals surface area contributed by atoms with E-state index in [4.69, 9.17) is 0 Å². The molecule has 2 amide bonds. The first-order valence-electron chi connectivity index (χ1n) is 6.91. The summed E-state index contributed by atoms with van der Waals surface area (Å²) in [5.74, 6) is -5.84. The zero-order valence-electron chi connectivity index (χ0n) is 12.4. The van der Waals surface area contributed by atoms with Crippen molar-refractivity contribution >= 4 is 23.6 Å². The highest BCUT2D eigenvalue weighted by Crippen LogP contribution is 2.19. The van der Waals surface area contributed by atoms with E-state index in [1.165, 1.54) is 6.08 Å². The molecule has 0 saturated carbocycles. The fourth-order valence-corrected chi connectivity index (χ4v) is 1.78. The monoisotopic (exact) mass is 334 g/mol. The second-order valence-electron chi connectivity index (χ2n) is 4.73. The smallest absolute Gasteiger partial charge is 0.244 e. The lowest BCUT2D eigenvalue weighted by Crippen LogP contribution is -2.32. The van der Waals surface area contributed by atoms with Gasteiger partial charge in [-0.2, -0.15) is 0 Å². The van der Waals surface area contributed by atoms with Gasteiger partial charge in [-0.1, -0.05) is 30.3 Å². The van der Waals surface area contributed by atoms with Gasteiger partial charge in [0.05, 0.1) is 12.2 Å². The van der Waals surface area contributed by atoms with E-state index in [0.717, 1.165) is 11.6 Å². The lowest BCUT2D eigenvalue weighted by atomic mass is 10.2. The molecule has 4 nitrogen and oxygen atoms in total. The van der Waals surface area contributed by atoms with Gasteiger partial charge in [-0.05, 0) is 23.8 Å². The van der Waals surface area contributed by atoms with E-state index in [0.29, 0.717) is 6.07 Å². The number of halogens is 3. The number of rotatable bonds is 5. The standard InChI is InChI=1S/C17H13F3N2O2/c18-12-7-8-13(17(20)16(12)19)22-15(24)10-21-14(23)9-6-11-4-2-1-3-5-11/h1-9H,10H2,(H,21,23)(H,22,24)/b9-6+. The number of carbonyl (C=O) groups excluding carboxylic acids is 2. The molecule has 2 aromatic carbocycles. The van der Waals surface area contributed by atoms with E-state index in [1.807, 2.05) is 11.4 Å². The normalized spacial score (nSPS) is 10.6. The lowest BCUT2D eigenvalue weighted by Gasteiger charge is -2.07. The Morgan fingerprint density at radius 3 is 2.38 bits per heavy atom. The molecule has 0 spiro atoms. The molecular weight excluding hydrogens is 321 g/mol. The molecule has 24 heavy (non-hydrogen) atoms. The largest absolute Gasteiger partial charge is 0.343 e. The summed E-state index contributed by atoms with van der Waals surface area (Å²) >= 11 is 0. The van der Waals surface area contributed by atoms with Gasteiger partial charge in [0.2, 0.25) is 11.8 Å². The zero-order valence-corrected chi connectivity index (χ0v) is 12.4. The van der Waals surface area contributed by atoms with Gasteiger partial charge in [0.25, 0.3) is 0 Å². The van der Waals surface area contributed by atoms with Crippen LogP contribution < -0.4 is 10.6 Å². The molecule has 0 atom stereocenters. The maximum Gasteiger partial charge on any atom is 0.244 e. The summed E-state index contributed by atoms with van der Waals surface area (Å²) in [6, 6.07) is 10.6. The van der Waals surface area contributed by atoms with E-state index in [2.05, 4.69) is 5.32 Å². The van der Waals surface area contributed by atoms with Crippen LogP contribution in [0, 0.1) is 17.5 Å². The third kappa shape index (κ3) is 4.70. The molecule has 2 aromatic rings. The van der Waals surface area contributed by atoms with Crippen molar-refractivity contribution in [3.63, 3.8) is 0 Å². The van der Waals surface area contributed by atoms with Crippen molar-refractivity contribution in [2.24, 2.45) is 0 Å². The summed E-state index contributed by atoms with van der Waals surface area (Å²) in [6.45, 7) is -0.448. The maximum absolute atomic E-state index is 13.4. The van der Waals surface area contributed by atoms with Crippen LogP contribution in [0.1, 0.15) is 5.56 Å². The summed E-state index contributed by atoms with van der Waals surface area (Å²) in [5, 5.41) is 4.34. The Bertz CT molecular complexity index is 777. The van der Waals surface area contributed by atoms with Crippen LogP contribution in [0.25, 0.3) is 6.08 Å². The molecule has 124 valence electrons. The first kappa shape index (κ1) is 17.3. The summed E-state index contributed by atoms with van der Waals surface area (Å²) in [7, 11) is 0. The quantitative estimate of drug-likeness (QED) is 0.652. The molecule has 0 aliphatic rings. The Hall–Kier alpha value is -3.09. The number of carbonyl (C=O) groups is 2. The molecule has 0 unspecified atom stereocenters. The van der Waals surface area contributed by atoms with E-state index < -0.39 is 41.5 Å². The second-order valence-corrected chi connectivity index (χ2v) is 4.73. The van der Waals surface area contributed by atoms with E-state index in [9.17, 15) is 22.8 Å². The van der Waals surface area contributed by atoms with E-state index >= 15 is 0 Å². The Morgan fingerprint density at radius 1 is 0.958 bits per heavy atom. The lowest BCUT2D eigenvalue weighted by molar-refractivity contribution is -0.121. The summed E-state index contributed by atoms with van der Waals surface area (Å²) < 4.78 is 39.2. The van der Waals surface area contributed by atoms with Gasteiger partial charge in [0.1, 0.15) is 0 Å². The van der Waals surface area contributed by atoms with Crippen LogP contribution in [0.5, 0.6) is 0 Å². The van der Waals surface area contributed by atoms with Crippen LogP contribution in [0.15, 0.2) is 48.5 Å². The van der Waals surface area contributed by atoms with Crippen LogP contribution in [0.3, 0.4) is 0 Å². The number of amides is 2. The minimum absolute atomic E-state index is 0.448. The number of hydrogen-bond acceptors (Lipinski definition) is 2. The number of anilines is 1. The number of hydrogen-bond donors (Lipinski definition) is 2. The molecular formula is C17H13F3N2O2. The van der Waals surface area contributed by atoms with E-state index in [1.54, 1.807) is 30.3 Å². The predicted molar refractivity (Wildman–Crippen MR) is 83.4 cm³/mol. The van der Waals surface area contributed by atoms with Crippen LogP contribution >= 0.6 is 0 Å². The number of nitrogens with one attached hydrogen (secondary N) is 2. The number of benzene rings is 2. The van der Waals surface area contributed by atoms with Gasteiger partial charge < -0.3 is 10.6 Å². The van der Waals surface area contributed by atoms with Gasteiger partial charge in [-0.15, -0.1) is 0 Å². The van der Waals surface area contributed by atoms with Gasteiger partial charge in [-0.3, -0.25) is 9.59 Å². The molecule has 0 bridgehead atoms. The topological polar surface area (TPSA) is 58.2 Å². The summed E-state index contributed by atoms with van der Waals surface area (Å²) in [5.41, 5.74) is 0.300. The highest BCUT2D eigenvalue weighted by atomic mass is 19.2. The molecule has 2 rings (SSSR count). The molecule has 0 aliphatic heterocycles. The third-order valence-corrected chi connectivity index (χ3v) is 2.96. The average molecular weight is 334 g/mol. The zero-order chi connectivity index (χ0) is 17.5. The van der Waals surface area contributed by atoms with Crippen molar-refractivity contribution in [1.82, 2.24) is 5.32 Å². The molecule has 7 heteroatoms. The Kier molecular flexibility index (Phi) is 5.73. The SMILES string of the molecule is O=C(/C=C/c1ccccc1)NCC(=O)Nc1ccc(F)c(F)c1F. The van der Waals surface area contributed by atoms with E-state index in [-0.39, 0.29) is 0 Å². The van der Waals surface area contributed by atoms with Crippen molar-refractivity contribution in [1.29, 1.82) is 0 Å². The van der Waals surface area contributed by atoms with Crippen molar-refractivity contribution in [3.05, 3.63) is 71.6 Å². The summed E-state index contributed by atoms with van der Waals surface area (Å²) in [6.07, 6.45) is 2.79. The van der Waals surface area contributed by atoms with Crippen LogP contribution in [0.2, 0.25) is 0 Å². The maximum atomic E-state index is 13.4. The van der Waals surface area contributed by atoms with Crippen molar-refractivity contribution in [2.45, 2.75) is 0 Å². The Labute approximate surface area is 136 Å². The van der Waals surface area contributed by atoms with Crippen LogP contribution in [0.4, 0.5) is 18.9 Å². The molecule has 0 radical (unpaired) electrons. The molecule has 0 aliphatic carbocycles. The molecule has 0 aromatic heterocycles. The molecule has 2 N–H and O–H groups in total. The molecule has 0 fully saturated rings. The third-order valence-electron chi connectivity index (χ3n) is 2.96. The Balaban J connectivity index is 1.86. The Morgan fingerprint density at radius 2 is 1.67 bits per heavy atom. The van der Waals surface area contributed by atoms with Crippen molar-refractivity contribution < 1.29 is 22.8 Å². The average Bonchev–Trinajstić information content (AvgIpc) is 2.59. The fourth-order valence-electron chi connectivity index (χ4n) is 1.78. The van der Waals surface area contributed by atoms with Gasteiger partial charge in [-0.25, -0.2) is 13.2 Å². The molecule has 0 heterocycles. The molecule has 0 saturated heterocycles. The first-order valence-corrected chi connectivity index (χ1v) is 6.91. The predicted octanol–water partition coefficient (Wildman–Crippen LogP) is 2.87. The van der Waals surface area contributed by atoms with Crippen LogP contribution in [-0.2, 0) is 9.59 Å². The van der Waals surface area contributed by atoms with Gasteiger partial charge in [0, 0.05) is 6.08 Å². The fraction of sp³-hybridized carbons (Fsp3) is 0.0588. The van der Waals surface area contributed by atoms with Crippen molar-refractivity contribution in [3.8, 4) is 0 Å². The second kappa shape index (κ2) is 7.96. The van der Waals surface area contributed by atoms with Gasteiger partial charge >= 0.3 is 0 Å². The minimum Gasteiger partial charge on any atom is -0.343 e. The highest BCUT2D eigenvalue weighted by Gasteiger charge is 2.15. The van der Waals surface area contributed by atoms with Gasteiger partial charge in [0.15, 0.2) is 17.5 Å². The van der Waals surface area contributed by atoms with Crippen LogP contribution in [-0.4, -0.2) is 18.4 Å². The minimum atomic E-state index is -1.68.